The Kier molecular flexibility index (Phi) is 6.86. The fourth-order valence-corrected chi connectivity index (χ4v) is 3.79. The first-order chi connectivity index (χ1) is 12.0. The van der Waals surface area contributed by atoms with Crippen LogP contribution < -0.4 is 0 Å². The van der Waals surface area contributed by atoms with Gasteiger partial charge in [0, 0.05) is 13.5 Å². The summed E-state index contributed by atoms with van der Waals surface area (Å²) in [6, 6.07) is 1.33. The van der Waals surface area contributed by atoms with Crippen LogP contribution in [0.4, 0.5) is 4.79 Å². The van der Waals surface area contributed by atoms with E-state index >= 15 is 0 Å². The number of aromatic nitrogens is 1. The Balaban J connectivity index is 2.34. The molecule has 0 unspecified atom stereocenters. The largest absolute Gasteiger partial charge is 0.457 e. The molecule has 8 heteroatoms. The predicted molar refractivity (Wildman–Crippen MR) is 114 cm³/mol. The Labute approximate surface area is 180 Å². The van der Waals surface area contributed by atoms with Gasteiger partial charge in [-0.2, -0.15) is 0 Å². The van der Waals surface area contributed by atoms with Crippen LogP contribution >= 0.6 is 50.1 Å². The van der Waals surface area contributed by atoms with Crippen molar-refractivity contribution >= 4 is 67.3 Å². The van der Waals surface area contributed by atoms with Crippen LogP contribution in [0.15, 0.2) is 15.0 Å². The molecule has 0 aliphatic heterocycles. The van der Waals surface area contributed by atoms with Crippen LogP contribution in [0.3, 0.4) is 0 Å². The Morgan fingerprint density at radius 1 is 1.54 bits per heavy atom. The lowest BCUT2D eigenvalue weighted by molar-refractivity contribution is 0.0259. The van der Waals surface area contributed by atoms with Gasteiger partial charge in [-0.25, -0.2) is 9.78 Å². The first-order valence-corrected chi connectivity index (χ1v) is 10.1. The Bertz CT molecular complexity index is 896. The maximum absolute atomic E-state index is 12.4. The van der Waals surface area contributed by atoms with Gasteiger partial charge in [-0.3, -0.25) is 4.90 Å². The lowest BCUT2D eigenvalue weighted by atomic mass is 10.1. The average molecular weight is 554 g/mol. The Morgan fingerprint density at radius 2 is 2.19 bits per heavy atom. The normalized spacial score (nSPS) is 12.5. The number of nitrogens with zero attached hydrogens (tertiary/aromatic N) is 2. The highest BCUT2D eigenvalue weighted by atomic mass is 127. The molecule has 1 atom stereocenters. The molecule has 0 aliphatic carbocycles. The summed E-state index contributed by atoms with van der Waals surface area (Å²) in [6.45, 7) is 7.21. The van der Waals surface area contributed by atoms with E-state index in [9.17, 15) is 4.79 Å². The van der Waals surface area contributed by atoms with Crippen LogP contribution in [0.1, 0.15) is 33.5 Å². The van der Waals surface area contributed by atoms with Gasteiger partial charge in [0.15, 0.2) is 5.58 Å². The highest BCUT2D eigenvalue weighted by Gasteiger charge is 2.27. The van der Waals surface area contributed by atoms with Crippen molar-refractivity contribution in [2.45, 2.75) is 45.8 Å². The van der Waals surface area contributed by atoms with E-state index in [0.717, 1.165) is 3.57 Å². The van der Waals surface area contributed by atoms with Gasteiger partial charge in [0.05, 0.1) is 8.04 Å². The number of carbonyl (C=O) groups is 1. The summed E-state index contributed by atoms with van der Waals surface area (Å²) >= 11 is 11.7. The van der Waals surface area contributed by atoms with E-state index in [0.29, 0.717) is 32.9 Å². The molecular weight excluding hydrogens is 534 g/mol. The zero-order valence-corrected chi connectivity index (χ0v) is 19.6. The Hall–Kier alpha value is -0.980. The van der Waals surface area contributed by atoms with Crippen molar-refractivity contribution in [2.75, 3.05) is 7.05 Å². The third-order valence-corrected chi connectivity index (χ3v) is 5.23. The van der Waals surface area contributed by atoms with Crippen LogP contribution in [-0.2, 0) is 11.2 Å². The van der Waals surface area contributed by atoms with Gasteiger partial charge in [-0.1, -0.05) is 17.5 Å². The molecule has 0 spiro atoms. The minimum absolute atomic E-state index is 0.390. The molecule has 0 saturated carbocycles. The van der Waals surface area contributed by atoms with E-state index in [4.69, 9.17) is 20.8 Å². The summed E-state index contributed by atoms with van der Waals surface area (Å²) in [7, 11) is 1.67. The molecule has 5 nitrogen and oxygen atoms in total. The fraction of sp³-hybridized carbons (Fsp3) is 0.444. The van der Waals surface area contributed by atoms with Crippen molar-refractivity contribution in [1.29, 1.82) is 0 Å². The first-order valence-electron chi connectivity index (χ1n) is 7.84. The van der Waals surface area contributed by atoms with Gasteiger partial charge in [0.2, 0.25) is 0 Å². The number of ether oxygens (including phenoxy) is 1. The molecule has 0 aliphatic rings. The second-order valence-electron chi connectivity index (χ2n) is 6.65. The highest BCUT2D eigenvalue weighted by molar-refractivity contribution is 14.1. The van der Waals surface area contributed by atoms with E-state index in [1.54, 1.807) is 20.0 Å². The van der Waals surface area contributed by atoms with Crippen molar-refractivity contribution in [3.8, 4) is 11.8 Å². The number of rotatable bonds is 3. The maximum Gasteiger partial charge on any atom is 0.411 e. The SMILES string of the molecule is CC#C[C@@H](Cc1oc2c(I)cc(Cl)nc2c1Br)N(C)C(=O)OC(C)(C)C. The zero-order valence-electron chi connectivity index (χ0n) is 15.1. The average Bonchev–Trinajstić information content (AvgIpc) is 2.82. The molecule has 0 saturated heterocycles. The molecule has 2 rings (SSSR count). The minimum Gasteiger partial charge on any atom is -0.457 e. The lowest BCUT2D eigenvalue weighted by Crippen LogP contribution is -2.41. The highest BCUT2D eigenvalue weighted by Crippen LogP contribution is 2.34. The van der Waals surface area contributed by atoms with Crippen molar-refractivity contribution in [1.82, 2.24) is 9.88 Å². The standard InChI is InChI=1S/C18H19BrClIN2O3/c1-6-7-10(23(5)17(24)26-18(2,3)4)8-12-14(19)15-16(25-12)11(21)9-13(20)22-15/h9-10H,8H2,1-5H3/t10-/m0/s1. The molecule has 0 fully saturated rings. The van der Waals surface area contributed by atoms with Crippen molar-refractivity contribution in [2.24, 2.45) is 0 Å². The van der Waals surface area contributed by atoms with Gasteiger partial charge in [-0.15, -0.1) is 5.92 Å². The van der Waals surface area contributed by atoms with Crippen molar-refractivity contribution in [3.05, 3.63) is 25.0 Å². The predicted octanol–water partition coefficient (Wildman–Crippen LogP) is 5.65. The molecule has 26 heavy (non-hydrogen) atoms. The molecule has 2 heterocycles. The molecule has 0 radical (unpaired) electrons. The first kappa shape index (κ1) is 21.3. The number of carbonyl (C=O) groups excluding carboxylic acids is 1. The van der Waals surface area contributed by atoms with Gasteiger partial charge >= 0.3 is 6.09 Å². The van der Waals surface area contributed by atoms with Crippen molar-refractivity contribution < 1.29 is 13.9 Å². The van der Waals surface area contributed by atoms with E-state index < -0.39 is 17.7 Å². The minimum atomic E-state index is -0.577. The third kappa shape index (κ3) is 5.05. The zero-order chi connectivity index (χ0) is 19.6. The third-order valence-electron chi connectivity index (χ3n) is 3.41. The summed E-state index contributed by atoms with van der Waals surface area (Å²) < 4.78 is 13.0. The molecule has 2 aromatic rings. The number of halogens is 3. The van der Waals surface area contributed by atoms with Crippen LogP contribution in [0.2, 0.25) is 5.15 Å². The van der Waals surface area contributed by atoms with Gasteiger partial charge < -0.3 is 9.15 Å². The van der Waals surface area contributed by atoms with Gasteiger partial charge in [0.1, 0.15) is 28.1 Å². The van der Waals surface area contributed by atoms with Gasteiger partial charge in [0.25, 0.3) is 0 Å². The van der Waals surface area contributed by atoms with E-state index in [-0.39, 0.29) is 0 Å². The second-order valence-corrected chi connectivity index (χ2v) is 8.99. The molecule has 140 valence electrons. The molecular formula is C18H19BrClIN2O3. The number of fused-ring (bicyclic) bond motifs is 1. The van der Waals surface area contributed by atoms with E-state index in [1.807, 2.05) is 20.8 Å². The number of hydrogen-bond acceptors (Lipinski definition) is 4. The summed E-state index contributed by atoms with van der Waals surface area (Å²) in [4.78, 5) is 18.2. The van der Waals surface area contributed by atoms with Crippen LogP contribution in [-0.4, -0.2) is 34.7 Å². The summed E-state index contributed by atoms with van der Waals surface area (Å²) in [5.74, 6) is 6.56. The number of furan rings is 1. The number of likely N-dealkylation sites (N-methyl/N-ethyl adjacent to an activating group) is 1. The fourth-order valence-electron chi connectivity index (χ4n) is 2.24. The number of pyridine rings is 1. The van der Waals surface area contributed by atoms with Crippen LogP contribution in [0.25, 0.3) is 11.1 Å². The summed E-state index contributed by atoms with van der Waals surface area (Å²) in [6.07, 6.45) is -0.0467. The molecule has 2 aromatic heterocycles. The second kappa shape index (κ2) is 8.36. The van der Waals surface area contributed by atoms with E-state index in [1.165, 1.54) is 4.90 Å². The molecule has 0 aromatic carbocycles. The number of hydrogen-bond donors (Lipinski definition) is 0. The summed E-state index contributed by atoms with van der Waals surface area (Å²) in [5.41, 5.74) is 0.728. The Morgan fingerprint density at radius 3 is 2.77 bits per heavy atom. The topological polar surface area (TPSA) is 55.6 Å². The molecule has 0 N–H and O–H groups in total. The van der Waals surface area contributed by atoms with Crippen molar-refractivity contribution in [3.63, 3.8) is 0 Å². The quantitative estimate of drug-likeness (QED) is 0.280. The molecule has 0 bridgehead atoms. The lowest BCUT2D eigenvalue weighted by Gasteiger charge is -2.27. The van der Waals surface area contributed by atoms with Gasteiger partial charge in [-0.05, 0) is 72.3 Å². The van der Waals surface area contributed by atoms with Crippen LogP contribution in [0, 0.1) is 15.4 Å². The van der Waals surface area contributed by atoms with Crippen LogP contribution in [0.5, 0.6) is 0 Å². The monoisotopic (exact) mass is 552 g/mol. The summed E-state index contributed by atoms with van der Waals surface area (Å²) in [5, 5.41) is 0.394. The molecule has 1 amide bonds. The van der Waals surface area contributed by atoms with E-state index in [2.05, 4.69) is 55.3 Å². The smallest absolute Gasteiger partial charge is 0.411 e. The number of amides is 1. The maximum atomic E-state index is 12.4.